The van der Waals surface area contributed by atoms with E-state index in [9.17, 15) is 4.79 Å². The van der Waals surface area contributed by atoms with Crippen molar-refractivity contribution in [2.45, 2.75) is 33.1 Å². The van der Waals surface area contributed by atoms with Crippen molar-refractivity contribution in [1.82, 2.24) is 30.2 Å². The van der Waals surface area contributed by atoms with E-state index in [0.29, 0.717) is 36.4 Å². The minimum absolute atomic E-state index is 0.0776. The van der Waals surface area contributed by atoms with Gasteiger partial charge in [0.25, 0.3) is 0 Å². The fourth-order valence-electron chi connectivity index (χ4n) is 2.55. The van der Waals surface area contributed by atoms with Gasteiger partial charge in [-0.15, -0.1) is 0 Å². The predicted molar refractivity (Wildman–Crippen MR) is 99.8 cm³/mol. The van der Waals surface area contributed by atoms with Gasteiger partial charge in [0.2, 0.25) is 11.2 Å². The average molecular weight is 368 g/mol. The van der Waals surface area contributed by atoms with Crippen LogP contribution in [0.15, 0.2) is 6.33 Å². The summed E-state index contributed by atoms with van der Waals surface area (Å²) in [4.78, 5) is 29.4. The summed E-state index contributed by atoms with van der Waals surface area (Å²) >= 11 is 5.87. The number of aromatic nitrogens is 4. The number of anilines is 1. The third-order valence-corrected chi connectivity index (χ3v) is 4.17. The highest BCUT2D eigenvalue weighted by Gasteiger charge is 2.08. The molecular formula is C16H26ClN7O. The molecule has 2 aromatic rings. The third kappa shape index (κ3) is 6.13. The second kappa shape index (κ2) is 10.1. The molecule has 1 amide bonds. The Morgan fingerprint density at radius 3 is 2.80 bits per heavy atom. The highest BCUT2D eigenvalue weighted by molar-refractivity contribution is 6.28. The number of nitrogens with zero attached hydrogens (tertiary/aromatic N) is 4. The SMILES string of the molecule is CCN(CC)CCCNC(=O)CCCNc1nc(Cl)nc2nc[nH]c12. The van der Waals surface area contributed by atoms with Crippen LogP contribution in [0.5, 0.6) is 0 Å². The van der Waals surface area contributed by atoms with Gasteiger partial charge >= 0.3 is 0 Å². The van der Waals surface area contributed by atoms with Gasteiger partial charge in [0, 0.05) is 19.5 Å². The van der Waals surface area contributed by atoms with Gasteiger partial charge in [-0.25, -0.2) is 4.98 Å². The molecule has 9 heteroatoms. The van der Waals surface area contributed by atoms with Crippen LogP contribution < -0.4 is 10.6 Å². The largest absolute Gasteiger partial charge is 0.368 e. The van der Waals surface area contributed by atoms with Crippen LogP contribution >= 0.6 is 11.6 Å². The van der Waals surface area contributed by atoms with E-state index >= 15 is 0 Å². The Labute approximate surface area is 152 Å². The molecule has 0 atom stereocenters. The Balaban J connectivity index is 1.64. The molecule has 0 aliphatic carbocycles. The van der Waals surface area contributed by atoms with Crippen LogP contribution in [0.3, 0.4) is 0 Å². The molecule has 0 saturated carbocycles. The molecular weight excluding hydrogens is 342 g/mol. The molecule has 0 aliphatic rings. The van der Waals surface area contributed by atoms with Crippen molar-refractivity contribution in [1.29, 1.82) is 0 Å². The predicted octanol–water partition coefficient (Wildman–Crippen LogP) is 2.05. The van der Waals surface area contributed by atoms with Crippen LogP contribution in [0.1, 0.15) is 33.1 Å². The molecule has 0 fully saturated rings. The number of hydrogen-bond acceptors (Lipinski definition) is 6. The molecule has 2 rings (SSSR count). The maximum absolute atomic E-state index is 11.8. The highest BCUT2D eigenvalue weighted by atomic mass is 35.5. The van der Waals surface area contributed by atoms with Gasteiger partial charge in [-0.05, 0) is 44.1 Å². The molecule has 2 aromatic heterocycles. The summed E-state index contributed by atoms with van der Waals surface area (Å²) in [7, 11) is 0. The Morgan fingerprint density at radius 1 is 1.24 bits per heavy atom. The molecule has 0 spiro atoms. The molecule has 0 bridgehead atoms. The number of imidazole rings is 1. The second-order valence-electron chi connectivity index (χ2n) is 5.70. The molecule has 3 N–H and O–H groups in total. The van der Waals surface area contributed by atoms with Crippen LogP contribution in [0.4, 0.5) is 5.82 Å². The van der Waals surface area contributed by atoms with Gasteiger partial charge in [0.05, 0.1) is 6.33 Å². The lowest BCUT2D eigenvalue weighted by Crippen LogP contribution is -2.30. The van der Waals surface area contributed by atoms with Crippen molar-refractivity contribution in [3.8, 4) is 0 Å². The number of aromatic amines is 1. The smallest absolute Gasteiger partial charge is 0.226 e. The van der Waals surface area contributed by atoms with Gasteiger partial charge in [0.15, 0.2) is 11.5 Å². The van der Waals surface area contributed by atoms with Gasteiger partial charge in [-0.3, -0.25) is 4.79 Å². The average Bonchev–Trinajstić information content (AvgIpc) is 3.07. The fourth-order valence-corrected chi connectivity index (χ4v) is 2.71. The first-order chi connectivity index (χ1) is 12.1. The van der Waals surface area contributed by atoms with Gasteiger partial charge in [-0.2, -0.15) is 9.97 Å². The minimum atomic E-state index is 0.0776. The first-order valence-electron chi connectivity index (χ1n) is 8.73. The maximum atomic E-state index is 11.8. The Morgan fingerprint density at radius 2 is 2.04 bits per heavy atom. The molecule has 0 aliphatic heterocycles. The Hall–Kier alpha value is -1.93. The quantitative estimate of drug-likeness (QED) is 0.415. The van der Waals surface area contributed by atoms with Crippen LogP contribution in [0.25, 0.3) is 11.2 Å². The molecule has 138 valence electrons. The van der Waals surface area contributed by atoms with E-state index in [4.69, 9.17) is 11.6 Å². The number of hydrogen-bond donors (Lipinski definition) is 3. The fraction of sp³-hybridized carbons (Fsp3) is 0.625. The number of nitrogens with one attached hydrogen (secondary N) is 3. The van der Waals surface area contributed by atoms with Gasteiger partial charge in [0.1, 0.15) is 5.52 Å². The lowest BCUT2D eigenvalue weighted by atomic mass is 10.3. The zero-order chi connectivity index (χ0) is 18.1. The molecule has 25 heavy (non-hydrogen) atoms. The summed E-state index contributed by atoms with van der Waals surface area (Å²) in [5.41, 5.74) is 1.23. The molecule has 2 heterocycles. The van der Waals surface area contributed by atoms with E-state index < -0.39 is 0 Å². The first-order valence-corrected chi connectivity index (χ1v) is 9.11. The number of halogens is 1. The van der Waals surface area contributed by atoms with E-state index in [0.717, 1.165) is 32.6 Å². The summed E-state index contributed by atoms with van der Waals surface area (Å²) < 4.78 is 0. The van der Waals surface area contributed by atoms with Crippen LogP contribution in [0, 0.1) is 0 Å². The topological polar surface area (TPSA) is 98.8 Å². The van der Waals surface area contributed by atoms with Gasteiger partial charge < -0.3 is 20.5 Å². The number of carbonyl (C=O) groups is 1. The molecule has 0 aromatic carbocycles. The maximum Gasteiger partial charge on any atom is 0.226 e. The second-order valence-corrected chi connectivity index (χ2v) is 6.04. The van der Waals surface area contributed by atoms with E-state index in [1.807, 2.05) is 0 Å². The number of carbonyl (C=O) groups excluding carboxylic acids is 1. The van der Waals surface area contributed by atoms with Crippen molar-refractivity contribution in [2.75, 3.05) is 38.0 Å². The number of rotatable bonds is 11. The monoisotopic (exact) mass is 367 g/mol. The van der Waals surface area contributed by atoms with Crippen LogP contribution in [-0.4, -0.2) is 63.5 Å². The van der Waals surface area contributed by atoms with E-state index in [-0.39, 0.29) is 11.2 Å². The highest BCUT2D eigenvalue weighted by Crippen LogP contribution is 2.18. The molecule has 0 radical (unpaired) electrons. The summed E-state index contributed by atoms with van der Waals surface area (Å²) in [6.45, 7) is 8.75. The molecule has 0 saturated heterocycles. The zero-order valence-electron chi connectivity index (χ0n) is 14.8. The van der Waals surface area contributed by atoms with E-state index in [1.165, 1.54) is 0 Å². The Kier molecular flexibility index (Phi) is 7.87. The Bertz CT molecular complexity index is 672. The first kappa shape index (κ1) is 19.4. The normalized spacial score (nSPS) is 11.2. The number of H-pyrrole nitrogens is 1. The van der Waals surface area contributed by atoms with E-state index in [2.05, 4.69) is 49.3 Å². The summed E-state index contributed by atoms with van der Waals surface area (Å²) in [6.07, 6.45) is 3.71. The minimum Gasteiger partial charge on any atom is -0.368 e. The van der Waals surface area contributed by atoms with Crippen molar-refractivity contribution in [2.24, 2.45) is 0 Å². The summed E-state index contributed by atoms with van der Waals surface area (Å²) in [6, 6.07) is 0. The number of fused-ring (bicyclic) bond motifs is 1. The third-order valence-electron chi connectivity index (χ3n) is 4.00. The van der Waals surface area contributed by atoms with E-state index in [1.54, 1.807) is 6.33 Å². The van der Waals surface area contributed by atoms with Crippen molar-refractivity contribution >= 4 is 34.5 Å². The summed E-state index contributed by atoms with van der Waals surface area (Å²) in [5, 5.41) is 6.28. The number of amides is 1. The zero-order valence-corrected chi connectivity index (χ0v) is 15.6. The standard InChI is InChI=1S/C16H26ClN7O/c1-3-24(4-2)10-6-9-18-12(25)7-5-8-19-14-13-15(21-11-20-13)23-16(17)22-14/h11H,3-10H2,1-2H3,(H,18,25)(H2,19,20,21,22,23). The van der Waals surface area contributed by atoms with Gasteiger partial charge in [-0.1, -0.05) is 13.8 Å². The lowest BCUT2D eigenvalue weighted by Gasteiger charge is -2.17. The lowest BCUT2D eigenvalue weighted by molar-refractivity contribution is -0.121. The van der Waals surface area contributed by atoms with Crippen LogP contribution in [-0.2, 0) is 4.79 Å². The van der Waals surface area contributed by atoms with Crippen molar-refractivity contribution in [3.05, 3.63) is 11.6 Å². The van der Waals surface area contributed by atoms with Crippen molar-refractivity contribution < 1.29 is 4.79 Å². The van der Waals surface area contributed by atoms with Crippen molar-refractivity contribution in [3.63, 3.8) is 0 Å². The summed E-state index contributed by atoms with van der Waals surface area (Å²) in [5.74, 6) is 0.681. The van der Waals surface area contributed by atoms with Crippen LogP contribution in [0.2, 0.25) is 5.28 Å². The molecule has 8 nitrogen and oxygen atoms in total. The molecule has 0 unspecified atom stereocenters.